The van der Waals surface area contributed by atoms with Gasteiger partial charge in [-0.2, -0.15) is 0 Å². The van der Waals surface area contributed by atoms with Crippen molar-refractivity contribution < 1.29 is 13.9 Å². The van der Waals surface area contributed by atoms with Crippen molar-refractivity contribution >= 4 is 18.3 Å². The normalized spacial score (nSPS) is 15.4. The second kappa shape index (κ2) is 9.49. The van der Waals surface area contributed by atoms with Crippen LogP contribution >= 0.6 is 12.4 Å². The molecule has 1 aliphatic heterocycles. The topological polar surface area (TPSA) is 54.7 Å². The van der Waals surface area contributed by atoms with Crippen molar-refractivity contribution in [3.05, 3.63) is 54.0 Å². The van der Waals surface area contributed by atoms with Crippen LogP contribution in [0.2, 0.25) is 0 Å². The minimum atomic E-state index is -0.119. The molecule has 1 saturated heterocycles. The molecule has 3 rings (SSSR count). The van der Waals surface area contributed by atoms with E-state index in [1.165, 1.54) is 18.4 Å². The SMILES string of the molecule is Cc1ccc(OCC(=O)NCC(c2ccco2)N2CCCC2)cc1.Cl. The Hall–Kier alpha value is -1.98. The van der Waals surface area contributed by atoms with Crippen LogP contribution in [0, 0.1) is 6.92 Å². The van der Waals surface area contributed by atoms with E-state index in [2.05, 4.69) is 10.2 Å². The van der Waals surface area contributed by atoms with Crippen LogP contribution < -0.4 is 10.1 Å². The van der Waals surface area contributed by atoms with Gasteiger partial charge in [0.1, 0.15) is 11.5 Å². The van der Waals surface area contributed by atoms with Crippen LogP contribution in [0.4, 0.5) is 0 Å². The van der Waals surface area contributed by atoms with Crippen LogP contribution in [0.3, 0.4) is 0 Å². The van der Waals surface area contributed by atoms with Crippen molar-refractivity contribution in [1.82, 2.24) is 10.2 Å². The Morgan fingerprint density at radius 3 is 2.60 bits per heavy atom. The van der Waals surface area contributed by atoms with Crippen LogP contribution in [0.25, 0.3) is 0 Å². The summed E-state index contributed by atoms with van der Waals surface area (Å²) in [5, 5.41) is 2.96. The first-order valence-electron chi connectivity index (χ1n) is 8.46. The number of likely N-dealkylation sites (tertiary alicyclic amines) is 1. The molecule has 0 spiro atoms. The maximum absolute atomic E-state index is 12.1. The number of ether oxygens (including phenoxy) is 1. The number of carbonyl (C=O) groups is 1. The van der Waals surface area contributed by atoms with E-state index in [1.54, 1.807) is 6.26 Å². The van der Waals surface area contributed by atoms with Gasteiger partial charge < -0.3 is 14.5 Å². The molecule has 1 N–H and O–H groups in total. The highest BCUT2D eigenvalue weighted by Crippen LogP contribution is 2.24. The molecule has 0 aliphatic carbocycles. The average molecular weight is 365 g/mol. The van der Waals surface area contributed by atoms with E-state index in [-0.39, 0.29) is 31.0 Å². The fourth-order valence-corrected chi connectivity index (χ4v) is 2.99. The molecule has 1 atom stereocenters. The van der Waals surface area contributed by atoms with E-state index in [4.69, 9.17) is 9.15 Å². The number of aryl methyl sites for hydroxylation is 1. The van der Waals surface area contributed by atoms with Gasteiger partial charge >= 0.3 is 0 Å². The highest BCUT2D eigenvalue weighted by molar-refractivity contribution is 5.85. The van der Waals surface area contributed by atoms with Crippen molar-refractivity contribution in [3.8, 4) is 5.75 Å². The molecule has 0 bridgehead atoms. The summed E-state index contributed by atoms with van der Waals surface area (Å²) >= 11 is 0. The van der Waals surface area contributed by atoms with Crippen LogP contribution in [-0.4, -0.2) is 37.0 Å². The third-order valence-electron chi connectivity index (χ3n) is 4.34. The fourth-order valence-electron chi connectivity index (χ4n) is 2.99. The van der Waals surface area contributed by atoms with Crippen molar-refractivity contribution in [1.29, 1.82) is 0 Å². The third kappa shape index (κ3) is 5.51. The maximum atomic E-state index is 12.1. The molecule has 1 unspecified atom stereocenters. The molecule has 2 heterocycles. The number of rotatable bonds is 7. The van der Waals surface area contributed by atoms with Crippen molar-refractivity contribution in [2.45, 2.75) is 25.8 Å². The van der Waals surface area contributed by atoms with Crippen molar-refractivity contribution in [2.75, 3.05) is 26.2 Å². The molecular formula is C19H25ClN2O3. The van der Waals surface area contributed by atoms with Crippen LogP contribution in [-0.2, 0) is 4.79 Å². The van der Waals surface area contributed by atoms with Crippen LogP contribution in [0.5, 0.6) is 5.75 Å². The van der Waals surface area contributed by atoms with Crippen molar-refractivity contribution in [3.63, 3.8) is 0 Å². The van der Waals surface area contributed by atoms with Crippen LogP contribution in [0.1, 0.15) is 30.2 Å². The molecule has 0 radical (unpaired) electrons. The number of furan rings is 1. The molecule has 136 valence electrons. The fraction of sp³-hybridized carbons (Fsp3) is 0.421. The number of hydrogen-bond donors (Lipinski definition) is 1. The first-order chi connectivity index (χ1) is 11.7. The first kappa shape index (κ1) is 19.3. The predicted octanol–water partition coefficient (Wildman–Crippen LogP) is 3.34. The smallest absolute Gasteiger partial charge is 0.258 e. The summed E-state index contributed by atoms with van der Waals surface area (Å²) in [6.45, 7) is 4.66. The number of benzene rings is 1. The molecule has 5 nitrogen and oxygen atoms in total. The Balaban J connectivity index is 0.00000225. The van der Waals surface area contributed by atoms with E-state index in [1.807, 2.05) is 43.3 Å². The number of carbonyl (C=O) groups excluding carboxylic acids is 1. The lowest BCUT2D eigenvalue weighted by Crippen LogP contribution is -2.38. The highest BCUT2D eigenvalue weighted by atomic mass is 35.5. The maximum Gasteiger partial charge on any atom is 0.258 e. The Morgan fingerprint density at radius 2 is 1.96 bits per heavy atom. The minimum Gasteiger partial charge on any atom is -0.484 e. The molecule has 1 amide bonds. The Morgan fingerprint density at radius 1 is 1.24 bits per heavy atom. The van der Waals surface area contributed by atoms with Crippen molar-refractivity contribution in [2.24, 2.45) is 0 Å². The number of nitrogens with one attached hydrogen (secondary N) is 1. The lowest BCUT2D eigenvalue weighted by atomic mass is 10.2. The van der Waals surface area contributed by atoms with E-state index in [0.717, 1.165) is 18.8 Å². The van der Waals surface area contributed by atoms with Crippen LogP contribution in [0.15, 0.2) is 47.1 Å². The third-order valence-corrected chi connectivity index (χ3v) is 4.34. The van der Waals surface area contributed by atoms with E-state index >= 15 is 0 Å². The first-order valence-corrected chi connectivity index (χ1v) is 8.46. The lowest BCUT2D eigenvalue weighted by Gasteiger charge is -2.26. The molecular weight excluding hydrogens is 340 g/mol. The molecule has 1 fully saturated rings. The minimum absolute atomic E-state index is 0. The van der Waals surface area contributed by atoms with Gasteiger partial charge in [0.05, 0.1) is 12.3 Å². The molecule has 25 heavy (non-hydrogen) atoms. The predicted molar refractivity (Wildman–Crippen MR) is 99.2 cm³/mol. The zero-order chi connectivity index (χ0) is 16.8. The summed E-state index contributed by atoms with van der Waals surface area (Å²) in [5.41, 5.74) is 1.17. The summed E-state index contributed by atoms with van der Waals surface area (Å²) in [5.74, 6) is 1.49. The zero-order valence-corrected chi connectivity index (χ0v) is 15.3. The quantitative estimate of drug-likeness (QED) is 0.818. The lowest BCUT2D eigenvalue weighted by molar-refractivity contribution is -0.123. The molecule has 6 heteroatoms. The van der Waals surface area contributed by atoms with E-state index < -0.39 is 0 Å². The Labute approximate surface area is 154 Å². The summed E-state index contributed by atoms with van der Waals surface area (Å²) < 4.78 is 11.1. The number of hydrogen-bond acceptors (Lipinski definition) is 4. The monoisotopic (exact) mass is 364 g/mol. The van der Waals surface area contributed by atoms with Gasteiger partial charge in [-0.25, -0.2) is 0 Å². The number of halogens is 1. The summed E-state index contributed by atoms with van der Waals surface area (Å²) in [4.78, 5) is 14.4. The molecule has 1 aromatic heterocycles. The van der Waals surface area contributed by atoms with Gasteiger partial charge in [-0.3, -0.25) is 9.69 Å². The summed E-state index contributed by atoms with van der Waals surface area (Å²) in [6.07, 6.45) is 4.07. The second-order valence-corrected chi connectivity index (χ2v) is 6.18. The number of nitrogens with zero attached hydrogens (tertiary/aromatic N) is 1. The standard InChI is InChI=1S/C19H24N2O3.ClH/c1-15-6-8-16(9-7-15)24-14-19(22)20-13-17(18-5-4-12-23-18)21-10-2-3-11-21;/h4-9,12,17H,2-3,10-11,13-14H2,1H3,(H,20,22);1H. The van der Waals surface area contributed by atoms with Gasteiger partial charge in [0, 0.05) is 6.54 Å². The summed E-state index contributed by atoms with van der Waals surface area (Å²) in [6, 6.07) is 11.6. The Bertz CT molecular complexity index is 637. The van der Waals surface area contributed by atoms with Gasteiger partial charge in [0.15, 0.2) is 6.61 Å². The molecule has 2 aromatic rings. The van der Waals surface area contributed by atoms with E-state index in [9.17, 15) is 4.79 Å². The summed E-state index contributed by atoms with van der Waals surface area (Å²) in [7, 11) is 0. The largest absolute Gasteiger partial charge is 0.484 e. The molecule has 0 saturated carbocycles. The zero-order valence-electron chi connectivity index (χ0n) is 14.4. The highest BCUT2D eigenvalue weighted by Gasteiger charge is 2.25. The second-order valence-electron chi connectivity index (χ2n) is 6.18. The van der Waals surface area contributed by atoms with E-state index in [0.29, 0.717) is 12.3 Å². The number of amides is 1. The molecule has 1 aromatic carbocycles. The van der Waals surface area contributed by atoms with Gasteiger partial charge in [-0.1, -0.05) is 17.7 Å². The van der Waals surface area contributed by atoms with Gasteiger partial charge in [-0.05, 0) is 57.1 Å². The Kier molecular flexibility index (Phi) is 7.34. The van der Waals surface area contributed by atoms with Gasteiger partial charge in [-0.15, -0.1) is 12.4 Å². The molecule has 1 aliphatic rings. The van der Waals surface area contributed by atoms with Gasteiger partial charge in [0.2, 0.25) is 0 Å². The van der Waals surface area contributed by atoms with Gasteiger partial charge in [0.25, 0.3) is 5.91 Å². The average Bonchev–Trinajstić information content (AvgIpc) is 3.29.